The first kappa shape index (κ1) is 18.6. The molecule has 25 heavy (non-hydrogen) atoms. The molecule has 1 atom stereocenters. The third-order valence-electron chi connectivity index (χ3n) is 3.43. The SMILES string of the molecule is Clc1cccc(Cl)c1SC(COc1ccc(Br)cc1)Cn1ccnc1. The van der Waals surface area contributed by atoms with Crippen molar-refractivity contribution in [3.05, 3.63) is 75.7 Å². The maximum Gasteiger partial charge on any atom is 0.119 e. The molecule has 1 heterocycles. The predicted octanol–water partition coefficient (Wildman–Crippen LogP) is 6.19. The van der Waals surface area contributed by atoms with Gasteiger partial charge >= 0.3 is 0 Å². The van der Waals surface area contributed by atoms with E-state index in [2.05, 4.69) is 20.9 Å². The highest BCUT2D eigenvalue weighted by Gasteiger charge is 2.17. The minimum Gasteiger partial charge on any atom is -0.492 e. The fourth-order valence-corrected chi connectivity index (χ4v) is 4.24. The standard InChI is InChI=1S/C18H15BrCl2N2OS/c19-13-4-6-14(7-5-13)24-11-15(10-23-9-8-22-12-23)25-18-16(20)2-1-3-17(18)21/h1-9,12,15H,10-11H2. The zero-order chi connectivity index (χ0) is 17.6. The van der Waals surface area contributed by atoms with Gasteiger partial charge in [0.25, 0.3) is 0 Å². The molecule has 0 bridgehead atoms. The minimum atomic E-state index is 0.121. The molecule has 130 valence electrons. The van der Waals surface area contributed by atoms with E-state index in [0.717, 1.165) is 21.7 Å². The topological polar surface area (TPSA) is 27.1 Å². The molecule has 0 amide bonds. The van der Waals surface area contributed by atoms with E-state index in [-0.39, 0.29) is 5.25 Å². The predicted molar refractivity (Wildman–Crippen MR) is 108 cm³/mol. The quantitative estimate of drug-likeness (QED) is 0.395. The number of aromatic nitrogens is 2. The monoisotopic (exact) mass is 456 g/mol. The Morgan fingerprint density at radius 3 is 2.48 bits per heavy atom. The zero-order valence-electron chi connectivity index (χ0n) is 13.1. The lowest BCUT2D eigenvalue weighted by molar-refractivity contribution is 0.308. The number of imidazole rings is 1. The third kappa shape index (κ3) is 5.42. The molecular weight excluding hydrogens is 443 g/mol. The van der Waals surface area contributed by atoms with Crippen LogP contribution in [-0.4, -0.2) is 21.4 Å². The summed E-state index contributed by atoms with van der Waals surface area (Å²) < 4.78 is 9.00. The van der Waals surface area contributed by atoms with Crippen molar-refractivity contribution in [3.63, 3.8) is 0 Å². The first-order valence-corrected chi connectivity index (χ1v) is 9.99. The molecule has 0 spiro atoms. The molecule has 0 radical (unpaired) electrons. The lowest BCUT2D eigenvalue weighted by Gasteiger charge is -2.19. The van der Waals surface area contributed by atoms with E-state index < -0.39 is 0 Å². The molecule has 0 aliphatic heterocycles. The Balaban J connectivity index is 1.73. The van der Waals surface area contributed by atoms with Gasteiger partial charge in [-0.15, -0.1) is 11.8 Å². The van der Waals surface area contributed by atoms with Gasteiger partial charge in [-0.25, -0.2) is 4.98 Å². The van der Waals surface area contributed by atoms with Gasteiger partial charge in [-0.2, -0.15) is 0 Å². The highest BCUT2D eigenvalue weighted by atomic mass is 79.9. The van der Waals surface area contributed by atoms with Gasteiger partial charge in [-0.1, -0.05) is 45.2 Å². The van der Waals surface area contributed by atoms with Crippen LogP contribution in [0.1, 0.15) is 0 Å². The van der Waals surface area contributed by atoms with Crippen molar-refractivity contribution in [2.75, 3.05) is 6.61 Å². The van der Waals surface area contributed by atoms with Gasteiger partial charge in [0, 0.05) is 28.3 Å². The van der Waals surface area contributed by atoms with Crippen molar-refractivity contribution >= 4 is 50.9 Å². The molecular formula is C18H15BrCl2N2OS. The number of rotatable bonds is 7. The summed E-state index contributed by atoms with van der Waals surface area (Å²) in [4.78, 5) is 4.97. The maximum atomic E-state index is 6.32. The zero-order valence-corrected chi connectivity index (χ0v) is 17.0. The molecule has 3 rings (SSSR count). The van der Waals surface area contributed by atoms with Crippen LogP contribution in [0.3, 0.4) is 0 Å². The summed E-state index contributed by atoms with van der Waals surface area (Å²) in [6.45, 7) is 1.26. The van der Waals surface area contributed by atoms with Gasteiger partial charge < -0.3 is 9.30 Å². The first-order valence-electron chi connectivity index (χ1n) is 7.56. The third-order valence-corrected chi connectivity index (χ3v) is 6.10. The lowest BCUT2D eigenvalue weighted by Crippen LogP contribution is -2.20. The van der Waals surface area contributed by atoms with E-state index in [4.69, 9.17) is 27.9 Å². The smallest absolute Gasteiger partial charge is 0.119 e. The molecule has 0 saturated heterocycles. The normalized spacial score (nSPS) is 12.1. The van der Waals surface area contributed by atoms with Crippen molar-refractivity contribution in [1.82, 2.24) is 9.55 Å². The van der Waals surface area contributed by atoms with Crippen LogP contribution in [0.15, 0.2) is 70.6 Å². The van der Waals surface area contributed by atoms with Crippen LogP contribution < -0.4 is 4.74 Å². The Bertz CT molecular complexity index is 792. The van der Waals surface area contributed by atoms with E-state index in [1.165, 1.54) is 0 Å². The van der Waals surface area contributed by atoms with E-state index in [0.29, 0.717) is 16.7 Å². The van der Waals surface area contributed by atoms with E-state index >= 15 is 0 Å². The molecule has 0 N–H and O–H groups in total. The minimum absolute atomic E-state index is 0.121. The molecule has 2 aromatic carbocycles. The Kier molecular flexibility index (Phi) is 6.70. The van der Waals surface area contributed by atoms with Crippen molar-refractivity contribution < 1.29 is 4.74 Å². The first-order chi connectivity index (χ1) is 12.1. The summed E-state index contributed by atoms with van der Waals surface area (Å²) in [5.41, 5.74) is 0. The molecule has 7 heteroatoms. The van der Waals surface area contributed by atoms with E-state index in [9.17, 15) is 0 Å². The van der Waals surface area contributed by atoms with E-state index in [1.807, 2.05) is 53.2 Å². The summed E-state index contributed by atoms with van der Waals surface area (Å²) in [7, 11) is 0. The number of ether oxygens (including phenoxy) is 1. The van der Waals surface area contributed by atoms with Gasteiger partial charge in [0.2, 0.25) is 0 Å². The number of nitrogens with zero attached hydrogens (tertiary/aromatic N) is 2. The molecule has 1 unspecified atom stereocenters. The van der Waals surface area contributed by atoms with Crippen LogP contribution in [-0.2, 0) is 6.54 Å². The number of hydrogen-bond donors (Lipinski definition) is 0. The molecule has 0 fully saturated rings. The van der Waals surface area contributed by atoms with Gasteiger partial charge in [0.1, 0.15) is 12.4 Å². The highest BCUT2D eigenvalue weighted by Crippen LogP contribution is 2.37. The second-order valence-corrected chi connectivity index (χ2v) is 8.36. The second kappa shape index (κ2) is 8.99. The van der Waals surface area contributed by atoms with Crippen molar-refractivity contribution in [2.24, 2.45) is 0 Å². The summed E-state index contributed by atoms with van der Waals surface area (Å²) in [5, 5.41) is 1.42. The summed E-state index contributed by atoms with van der Waals surface area (Å²) in [6.07, 6.45) is 5.49. The van der Waals surface area contributed by atoms with Crippen molar-refractivity contribution in [3.8, 4) is 5.75 Å². The van der Waals surface area contributed by atoms with Gasteiger partial charge in [-0.3, -0.25) is 0 Å². The number of thioether (sulfide) groups is 1. The highest BCUT2D eigenvalue weighted by molar-refractivity contribution is 9.10. The lowest BCUT2D eigenvalue weighted by atomic mass is 10.3. The Hall–Kier alpha value is -1.14. The maximum absolute atomic E-state index is 6.32. The van der Waals surface area contributed by atoms with Crippen LogP contribution in [0.4, 0.5) is 0 Å². The van der Waals surface area contributed by atoms with Crippen molar-refractivity contribution in [2.45, 2.75) is 16.7 Å². The number of benzene rings is 2. The second-order valence-electron chi connectivity index (χ2n) is 5.32. The number of hydrogen-bond acceptors (Lipinski definition) is 3. The Morgan fingerprint density at radius 1 is 1.12 bits per heavy atom. The average molecular weight is 458 g/mol. The Morgan fingerprint density at radius 2 is 1.84 bits per heavy atom. The molecule has 1 aromatic heterocycles. The van der Waals surface area contributed by atoms with Crippen LogP contribution in [0.25, 0.3) is 0 Å². The van der Waals surface area contributed by atoms with Crippen LogP contribution in [0.5, 0.6) is 5.75 Å². The van der Waals surface area contributed by atoms with Crippen LogP contribution in [0, 0.1) is 0 Å². The largest absolute Gasteiger partial charge is 0.492 e. The molecule has 0 aliphatic rings. The van der Waals surface area contributed by atoms with E-state index in [1.54, 1.807) is 24.3 Å². The average Bonchev–Trinajstić information content (AvgIpc) is 3.10. The molecule has 3 aromatic rings. The van der Waals surface area contributed by atoms with Crippen LogP contribution in [0.2, 0.25) is 10.0 Å². The molecule has 0 aliphatic carbocycles. The summed E-state index contributed by atoms with van der Waals surface area (Å²) in [5.74, 6) is 0.824. The van der Waals surface area contributed by atoms with Gasteiger partial charge in [0.15, 0.2) is 0 Å². The fourth-order valence-electron chi connectivity index (χ4n) is 2.24. The van der Waals surface area contributed by atoms with Crippen molar-refractivity contribution in [1.29, 1.82) is 0 Å². The molecule has 0 saturated carbocycles. The van der Waals surface area contributed by atoms with Gasteiger partial charge in [0.05, 0.1) is 21.6 Å². The molecule has 3 nitrogen and oxygen atoms in total. The summed E-state index contributed by atoms with van der Waals surface area (Å²) >= 11 is 17.7. The fraction of sp³-hybridized carbons (Fsp3) is 0.167. The van der Waals surface area contributed by atoms with Gasteiger partial charge in [-0.05, 0) is 36.4 Å². The number of halogens is 3. The van der Waals surface area contributed by atoms with Crippen LogP contribution >= 0.6 is 50.9 Å². The Labute approximate surface area is 169 Å². The summed E-state index contributed by atoms with van der Waals surface area (Å²) in [6, 6.07) is 13.3.